The first-order valence-electron chi connectivity index (χ1n) is 8.73. The Hall–Kier alpha value is -2.57. The van der Waals surface area contributed by atoms with Crippen molar-refractivity contribution in [1.82, 2.24) is 0 Å². The average Bonchev–Trinajstić information content (AvgIpc) is 3.06. The molecule has 0 bridgehead atoms. The number of anilines is 2. The fourth-order valence-corrected chi connectivity index (χ4v) is 3.29. The number of halogens is 2. The molecule has 1 N–H and O–H groups in total. The molecule has 1 aliphatic heterocycles. The zero-order chi connectivity index (χ0) is 20.3. The fraction of sp³-hybridized carbons (Fsp3) is 0.250. The van der Waals surface area contributed by atoms with E-state index >= 15 is 0 Å². The van der Waals surface area contributed by atoms with Gasteiger partial charge in [0.05, 0.1) is 33.8 Å². The molecule has 1 saturated heterocycles. The number of ether oxygens (including phenoxy) is 1. The molecule has 2 aromatic carbocycles. The Kier molecular flexibility index (Phi) is 6.21. The van der Waals surface area contributed by atoms with Crippen LogP contribution >= 0.6 is 23.2 Å². The third kappa shape index (κ3) is 4.29. The zero-order valence-corrected chi connectivity index (χ0v) is 16.6. The second-order valence-corrected chi connectivity index (χ2v) is 7.07. The molecule has 2 amide bonds. The molecule has 0 saturated carbocycles. The summed E-state index contributed by atoms with van der Waals surface area (Å²) < 4.78 is 5.01. The van der Waals surface area contributed by atoms with Crippen LogP contribution in [0.3, 0.4) is 0 Å². The van der Waals surface area contributed by atoms with Gasteiger partial charge in [-0.25, -0.2) is 4.79 Å². The molecule has 28 heavy (non-hydrogen) atoms. The molecule has 1 aliphatic rings. The van der Waals surface area contributed by atoms with Gasteiger partial charge in [0.2, 0.25) is 11.8 Å². The second-order valence-electron chi connectivity index (χ2n) is 6.26. The molecule has 6 nitrogen and oxygen atoms in total. The maximum atomic E-state index is 12.7. The van der Waals surface area contributed by atoms with Gasteiger partial charge in [0, 0.05) is 18.7 Å². The van der Waals surface area contributed by atoms with Crippen LogP contribution in [-0.4, -0.2) is 30.9 Å². The number of hydrogen-bond acceptors (Lipinski definition) is 4. The van der Waals surface area contributed by atoms with Gasteiger partial charge in [0.1, 0.15) is 0 Å². The van der Waals surface area contributed by atoms with E-state index in [0.717, 1.165) is 0 Å². The summed E-state index contributed by atoms with van der Waals surface area (Å²) in [4.78, 5) is 38.7. The number of nitrogens with zero attached hydrogens (tertiary/aromatic N) is 1. The first-order valence-corrected chi connectivity index (χ1v) is 9.48. The summed E-state index contributed by atoms with van der Waals surface area (Å²) in [7, 11) is 0. The van der Waals surface area contributed by atoms with Gasteiger partial charge in [-0.3, -0.25) is 9.59 Å². The van der Waals surface area contributed by atoms with Crippen LogP contribution in [0.4, 0.5) is 11.4 Å². The van der Waals surface area contributed by atoms with Crippen LogP contribution in [0.2, 0.25) is 10.0 Å². The van der Waals surface area contributed by atoms with Crippen molar-refractivity contribution in [1.29, 1.82) is 0 Å². The molecule has 146 valence electrons. The van der Waals surface area contributed by atoms with Gasteiger partial charge in [-0.15, -0.1) is 0 Å². The standard InChI is InChI=1S/C20H18Cl2N2O4/c1-2-28-20(27)14-5-3-4-6-17(14)23-19(26)12-9-18(25)24(11-12)13-7-8-15(21)16(22)10-13/h3-8,10,12H,2,9,11H2,1H3,(H,23,26). The number of amides is 2. The van der Waals surface area contributed by atoms with Crippen molar-refractivity contribution in [2.45, 2.75) is 13.3 Å². The molecule has 1 fully saturated rings. The first kappa shape index (κ1) is 20.2. The van der Waals surface area contributed by atoms with E-state index in [1.54, 1.807) is 49.4 Å². The van der Waals surface area contributed by atoms with Crippen molar-refractivity contribution < 1.29 is 19.1 Å². The number of nitrogens with one attached hydrogen (secondary N) is 1. The van der Waals surface area contributed by atoms with Crippen molar-refractivity contribution >= 4 is 52.4 Å². The van der Waals surface area contributed by atoms with E-state index in [9.17, 15) is 14.4 Å². The Morgan fingerprint density at radius 2 is 1.93 bits per heavy atom. The van der Waals surface area contributed by atoms with Crippen LogP contribution in [-0.2, 0) is 14.3 Å². The number of carbonyl (C=O) groups excluding carboxylic acids is 3. The smallest absolute Gasteiger partial charge is 0.340 e. The van der Waals surface area contributed by atoms with Crippen LogP contribution < -0.4 is 10.2 Å². The molecule has 0 spiro atoms. The molecule has 3 rings (SSSR count). The third-order valence-corrected chi connectivity index (χ3v) is 5.13. The van der Waals surface area contributed by atoms with E-state index in [0.29, 0.717) is 21.4 Å². The Labute approximate surface area is 172 Å². The number of benzene rings is 2. The van der Waals surface area contributed by atoms with Crippen LogP contribution in [0.1, 0.15) is 23.7 Å². The molecule has 1 atom stereocenters. The molecule has 1 heterocycles. The minimum absolute atomic E-state index is 0.0631. The van der Waals surface area contributed by atoms with Crippen molar-refractivity contribution in [3.8, 4) is 0 Å². The normalized spacial score (nSPS) is 16.2. The molecule has 0 radical (unpaired) electrons. The Bertz CT molecular complexity index is 932. The fourth-order valence-electron chi connectivity index (χ4n) is 3.00. The van der Waals surface area contributed by atoms with E-state index < -0.39 is 11.9 Å². The predicted octanol–water partition coefficient (Wildman–Crippen LogP) is 4.16. The van der Waals surface area contributed by atoms with Gasteiger partial charge in [-0.1, -0.05) is 35.3 Å². The van der Waals surface area contributed by atoms with E-state index in [-0.39, 0.29) is 37.0 Å². The largest absolute Gasteiger partial charge is 0.462 e. The van der Waals surface area contributed by atoms with E-state index in [4.69, 9.17) is 27.9 Å². The lowest BCUT2D eigenvalue weighted by Gasteiger charge is -2.17. The van der Waals surface area contributed by atoms with Gasteiger partial charge in [0.15, 0.2) is 0 Å². The molecule has 0 aliphatic carbocycles. The summed E-state index contributed by atoms with van der Waals surface area (Å²) in [5, 5.41) is 3.47. The van der Waals surface area contributed by atoms with E-state index in [1.807, 2.05) is 0 Å². The number of carbonyl (C=O) groups is 3. The van der Waals surface area contributed by atoms with Gasteiger partial charge in [-0.2, -0.15) is 0 Å². The molecular formula is C20H18Cl2N2O4. The molecular weight excluding hydrogens is 403 g/mol. The highest BCUT2D eigenvalue weighted by Gasteiger charge is 2.35. The lowest BCUT2D eigenvalue weighted by Crippen LogP contribution is -2.28. The quantitative estimate of drug-likeness (QED) is 0.736. The van der Waals surface area contributed by atoms with Gasteiger partial charge in [0.25, 0.3) is 0 Å². The highest BCUT2D eigenvalue weighted by molar-refractivity contribution is 6.42. The second kappa shape index (κ2) is 8.63. The summed E-state index contributed by atoms with van der Waals surface area (Å²) in [6.45, 7) is 2.15. The van der Waals surface area contributed by atoms with Crippen LogP contribution in [0.5, 0.6) is 0 Å². The van der Waals surface area contributed by atoms with Crippen LogP contribution in [0.25, 0.3) is 0 Å². The zero-order valence-electron chi connectivity index (χ0n) is 15.1. The summed E-state index contributed by atoms with van der Waals surface area (Å²) in [5.74, 6) is -1.60. The average molecular weight is 421 g/mol. The van der Waals surface area contributed by atoms with Crippen LogP contribution in [0, 0.1) is 5.92 Å². The van der Waals surface area contributed by atoms with Gasteiger partial charge < -0.3 is 15.0 Å². The topological polar surface area (TPSA) is 75.7 Å². The number of hydrogen-bond donors (Lipinski definition) is 1. The van der Waals surface area contributed by atoms with Crippen molar-refractivity contribution in [3.63, 3.8) is 0 Å². The van der Waals surface area contributed by atoms with Crippen LogP contribution in [0.15, 0.2) is 42.5 Å². The maximum Gasteiger partial charge on any atom is 0.340 e. The monoisotopic (exact) mass is 420 g/mol. The molecule has 0 aromatic heterocycles. The van der Waals surface area contributed by atoms with Gasteiger partial charge >= 0.3 is 5.97 Å². The van der Waals surface area contributed by atoms with Gasteiger partial charge in [-0.05, 0) is 37.3 Å². The first-order chi connectivity index (χ1) is 13.4. The summed E-state index contributed by atoms with van der Waals surface area (Å²) in [6, 6.07) is 11.5. The van der Waals surface area contributed by atoms with Crippen molar-refractivity contribution in [2.24, 2.45) is 5.92 Å². The predicted molar refractivity (Wildman–Crippen MR) is 108 cm³/mol. The molecule has 8 heteroatoms. The summed E-state index contributed by atoms with van der Waals surface area (Å²) in [5.41, 5.74) is 1.20. The number of rotatable bonds is 5. The highest BCUT2D eigenvalue weighted by Crippen LogP contribution is 2.31. The lowest BCUT2D eigenvalue weighted by atomic mass is 10.1. The minimum atomic E-state index is -0.558. The van der Waals surface area contributed by atoms with E-state index in [1.165, 1.54) is 4.90 Å². The molecule has 2 aromatic rings. The lowest BCUT2D eigenvalue weighted by molar-refractivity contribution is -0.122. The minimum Gasteiger partial charge on any atom is -0.462 e. The third-order valence-electron chi connectivity index (χ3n) is 4.39. The Morgan fingerprint density at radius 3 is 2.64 bits per heavy atom. The Morgan fingerprint density at radius 1 is 1.18 bits per heavy atom. The summed E-state index contributed by atoms with van der Waals surface area (Å²) >= 11 is 11.9. The molecule has 1 unspecified atom stereocenters. The summed E-state index contributed by atoms with van der Waals surface area (Å²) in [6.07, 6.45) is 0.0631. The number of esters is 1. The van der Waals surface area contributed by atoms with E-state index in [2.05, 4.69) is 5.32 Å². The highest BCUT2D eigenvalue weighted by atomic mass is 35.5. The van der Waals surface area contributed by atoms with Crippen molar-refractivity contribution in [2.75, 3.05) is 23.4 Å². The number of para-hydroxylation sites is 1. The van der Waals surface area contributed by atoms with Crippen molar-refractivity contribution in [3.05, 3.63) is 58.1 Å². The maximum absolute atomic E-state index is 12.7. The Balaban J connectivity index is 1.73. The SMILES string of the molecule is CCOC(=O)c1ccccc1NC(=O)C1CC(=O)N(c2ccc(Cl)c(Cl)c2)C1.